The molecule has 2 aromatic rings. The lowest BCUT2D eigenvalue weighted by molar-refractivity contribution is -0.149. The van der Waals surface area contributed by atoms with Crippen LogP contribution in [0.3, 0.4) is 0 Å². The molecule has 1 aliphatic heterocycles. The number of furan rings is 1. The highest BCUT2D eigenvalue weighted by Gasteiger charge is 2.43. The molecule has 212 valence electrons. The van der Waals surface area contributed by atoms with Crippen LogP contribution >= 0.6 is 22.6 Å². The summed E-state index contributed by atoms with van der Waals surface area (Å²) >= 11 is 2.05. The Kier molecular flexibility index (Phi) is 10.2. The van der Waals surface area contributed by atoms with Gasteiger partial charge in [0, 0.05) is 37.3 Å². The molecular formula is C27H33IN2O9. The fourth-order valence-corrected chi connectivity index (χ4v) is 5.58. The van der Waals surface area contributed by atoms with Gasteiger partial charge < -0.3 is 44.2 Å². The van der Waals surface area contributed by atoms with Crippen molar-refractivity contribution in [1.82, 2.24) is 10.2 Å². The highest BCUT2D eigenvalue weighted by molar-refractivity contribution is 14.1. The molecule has 39 heavy (non-hydrogen) atoms. The molecule has 12 heteroatoms. The predicted octanol–water partition coefficient (Wildman–Crippen LogP) is 1.51. The molecule has 2 heterocycles. The maximum absolute atomic E-state index is 13.7. The third-order valence-corrected chi connectivity index (χ3v) is 7.56. The smallest absolute Gasteiger partial charge is 0.252 e. The minimum Gasteiger partial charge on any atom is -0.493 e. The number of carbonyl (C=O) groups excluding carboxylic acids is 2. The monoisotopic (exact) mass is 656 g/mol. The van der Waals surface area contributed by atoms with Gasteiger partial charge in [-0.05, 0) is 65.3 Å². The normalized spacial score (nSPS) is 22.7. The van der Waals surface area contributed by atoms with Crippen LogP contribution < -0.4 is 14.8 Å². The van der Waals surface area contributed by atoms with Crippen molar-refractivity contribution in [3.8, 4) is 11.5 Å². The quantitative estimate of drug-likeness (QED) is 0.264. The number of carbonyl (C=O) groups is 2. The van der Waals surface area contributed by atoms with Gasteiger partial charge in [0.25, 0.3) is 5.91 Å². The third kappa shape index (κ3) is 6.92. The number of benzene rings is 1. The van der Waals surface area contributed by atoms with Crippen LogP contribution in [0.4, 0.5) is 0 Å². The predicted molar refractivity (Wildman–Crippen MR) is 147 cm³/mol. The summed E-state index contributed by atoms with van der Waals surface area (Å²) in [5, 5.41) is 33.1. The lowest BCUT2D eigenvalue weighted by Crippen LogP contribution is -2.56. The number of methoxy groups -OCH3 is 1. The van der Waals surface area contributed by atoms with Crippen LogP contribution in [-0.4, -0.2) is 83.3 Å². The molecule has 4 atom stereocenters. The zero-order valence-electron chi connectivity index (χ0n) is 21.5. The zero-order valence-corrected chi connectivity index (χ0v) is 23.7. The van der Waals surface area contributed by atoms with E-state index in [1.807, 2.05) is 0 Å². The minimum atomic E-state index is -1.21. The second-order valence-electron chi connectivity index (χ2n) is 9.38. The molecule has 1 fully saturated rings. The summed E-state index contributed by atoms with van der Waals surface area (Å²) in [5.41, 5.74) is 1.66. The Bertz CT molecular complexity index is 1160. The van der Waals surface area contributed by atoms with Gasteiger partial charge in [-0.3, -0.25) is 9.59 Å². The van der Waals surface area contributed by atoms with Crippen molar-refractivity contribution >= 4 is 34.4 Å². The molecule has 0 spiro atoms. The van der Waals surface area contributed by atoms with Crippen molar-refractivity contribution in [3.63, 3.8) is 0 Å². The standard InChI is InChI=1S/C27H33IN2O9/c1-36-23-10-17(14-32)9-19(28)25(23)39-22-12-18(26(34)29-5-6-31)11-20(24(22)33)30(13-16-4-8-37-15-16)27(35)21-3-2-7-38-21/h4,8-10,12,15,20-22,24,31-33H,2-3,5-7,11,13-14H2,1H3,(H,29,34)/t20-,21?,22+,24+/m1/s1. The van der Waals surface area contributed by atoms with E-state index >= 15 is 0 Å². The lowest BCUT2D eigenvalue weighted by Gasteiger charge is -2.41. The first-order chi connectivity index (χ1) is 18.9. The molecule has 2 amide bonds. The van der Waals surface area contributed by atoms with Gasteiger partial charge in [-0.15, -0.1) is 0 Å². The third-order valence-electron chi connectivity index (χ3n) is 6.76. The van der Waals surface area contributed by atoms with Crippen molar-refractivity contribution in [1.29, 1.82) is 0 Å². The highest BCUT2D eigenvalue weighted by Crippen LogP contribution is 2.37. The number of rotatable bonds is 11. The second-order valence-corrected chi connectivity index (χ2v) is 10.5. The van der Waals surface area contributed by atoms with Crippen LogP contribution in [-0.2, 0) is 27.5 Å². The van der Waals surface area contributed by atoms with E-state index < -0.39 is 30.3 Å². The molecule has 1 aliphatic carbocycles. The van der Waals surface area contributed by atoms with Gasteiger partial charge in [0.05, 0.1) is 42.5 Å². The molecule has 0 saturated carbocycles. The first-order valence-electron chi connectivity index (χ1n) is 12.7. The lowest BCUT2D eigenvalue weighted by atomic mass is 9.87. The number of halogens is 1. The van der Waals surface area contributed by atoms with Gasteiger partial charge in [0.1, 0.15) is 18.3 Å². The summed E-state index contributed by atoms with van der Waals surface area (Å²) < 4.78 is 23.3. The van der Waals surface area contributed by atoms with Gasteiger partial charge in [-0.25, -0.2) is 0 Å². The SMILES string of the molecule is COc1cc(CO)cc(I)c1O[C@H]1C=C(C(=O)NCCO)C[C@@H](N(Cc2ccoc2)C(=O)C2CCCO2)[C@@H]1O. The average Bonchev–Trinajstić information content (AvgIpc) is 3.67. The number of nitrogens with zero attached hydrogens (tertiary/aromatic N) is 1. The first-order valence-corrected chi connectivity index (χ1v) is 13.8. The number of aliphatic hydroxyl groups excluding tert-OH is 3. The maximum Gasteiger partial charge on any atom is 0.252 e. The number of nitrogens with one attached hydrogen (secondary N) is 1. The van der Waals surface area contributed by atoms with Gasteiger partial charge in [-0.2, -0.15) is 0 Å². The molecule has 2 aliphatic rings. The number of aliphatic hydroxyl groups is 3. The molecule has 1 aromatic heterocycles. The Balaban J connectivity index is 1.71. The fraction of sp³-hybridized carbons (Fsp3) is 0.481. The van der Waals surface area contributed by atoms with E-state index in [0.717, 1.165) is 12.0 Å². The molecule has 4 N–H and O–H groups in total. The van der Waals surface area contributed by atoms with Crippen LogP contribution in [0.25, 0.3) is 0 Å². The van der Waals surface area contributed by atoms with Crippen LogP contribution in [0.15, 0.2) is 46.8 Å². The summed E-state index contributed by atoms with van der Waals surface area (Å²) in [6, 6.07) is 4.27. The molecular weight excluding hydrogens is 623 g/mol. The van der Waals surface area contributed by atoms with E-state index in [1.54, 1.807) is 18.2 Å². The van der Waals surface area contributed by atoms with Crippen molar-refractivity contribution < 1.29 is 43.5 Å². The Morgan fingerprint density at radius 2 is 2.08 bits per heavy atom. The van der Waals surface area contributed by atoms with E-state index in [1.165, 1.54) is 30.6 Å². The Labute approximate surface area is 239 Å². The van der Waals surface area contributed by atoms with Gasteiger partial charge >= 0.3 is 0 Å². The van der Waals surface area contributed by atoms with E-state index in [9.17, 15) is 24.9 Å². The van der Waals surface area contributed by atoms with Gasteiger partial charge in [0.2, 0.25) is 5.91 Å². The molecule has 0 radical (unpaired) electrons. The van der Waals surface area contributed by atoms with Crippen LogP contribution in [0, 0.1) is 3.57 Å². The molecule has 1 aromatic carbocycles. The zero-order chi connectivity index (χ0) is 27.9. The molecule has 4 rings (SSSR count). The number of hydrogen-bond donors (Lipinski definition) is 4. The van der Waals surface area contributed by atoms with Crippen LogP contribution in [0.2, 0.25) is 0 Å². The Morgan fingerprint density at radius 1 is 1.26 bits per heavy atom. The molecule has 0 bridgehead atoms. The summed E-state index contributed by atoms with van der Waals surface area (Å²) in [6.07, 6.45) is 3.07. The van der Waals surface area contributed by atoms with Gasteiger partial charge in [-0.1, -0.05) is 0 Å². The summed E-state index contributed by atoms with van der Waals surface area (Å²) in [6.45, 7) is 0.246. The van der Waals surface area contributed by atoms with Crippen molar-refractivity contribution in [2.24, 2.45) is 0 Å². The number of hydrogen-bond acceptors (Lipinski definition) is 9. The molecule has 1 saturated heterocycles. The minimum absolute atomic E-state index is 0.0524. The summed E-state index contributed by atoms with van der Waals surface area (Å²) in [7, 11) is 1.47. The van der Waals surface area contributed by atoms with Crippen molar-refractivity contribution in [2.75, 3.05) is 26.9 Å². The fourth-order valence-electron chi connectivity index (χ4n) is 4.79. The average molecular weight is 656 g/mol. The second kappa shape index (κ2) is 13.6. The molecule has 11 nitrogen and oxygen atoms in total. The van der Waals surface area contributed by atoms with Crippen LogP contribution in [0.1, 0.15) is 30.4 Å². The Morgan fingerprint density at radius 3 is 2.72 bits per heavy atom. The number of amides is 2. The van der Waals surface area contributed by atoms with E-state index in [2.05, 4.69) is 27.9 Å². The van der Waals surface area contributed by atoms with E-state index in [0.29, 0.717) is 39.2 Å². The largest absolute Gasteiger partial charge is 0.493 e. The summed E-state index contributed by atoms with van der Waals surface area (Å²) in [5.74, 6) is -0.0310. The van der Waals surface area contributed by atoms with E-state index in [-0.39, 0.29) is 38.6 Å². The van der Waals surface area contributed by atoms with Crippen molar-refractivity contribution in [2.45, 2.75) is 56.8 Å². The number of ether oxygens (including phenoxy) is 3. The van der Waals surface area contributed by atoms with Crippen molar-refractivity contribution in [3.05, 3.63) is 57.1 Å². The summed E-state index contributed by atoms with van der Waals surface area (Å²) in [4.78, 5) is 28.2. The van der Waals surface area contributed by atoms with Crippen LogP contribution in [0.5, 0.6) is 11.5 Å². The topological polar surface area (TPSA) is 151 Å². The molecule has 1 unspecified atom stereocenters. The van der Waals surface area contributed by atoms with E-state index in [4.69, 9.17) is 18.6 Å². The first kappa shape index (κ1) is 29.3. The van der Waals surface area contributed by atoms with Gasteiger partial charge in [0.15, 0.2) is 11.5 Å². The maximum atomic E-state index is 13.7. The highest BCUT2D eigenvalue weighted by atomic mass is 127. The Hall–Kier alpha value is -2.65.